The van der Waals surface area contributed by atoms with Crippen LogP contribution in [0.15, 0.2) is 67.6 Å². The minimum atomic E-state index is -4.32. The second-order valence-corrected chi connectivity index (χ2v) is 10.1. The van der Waals surface area contributed by atoms with Crippen molar-refractivity contribution < 1.29 is 13.5 Å². The summed E-state index contributed by atoms with van der Waals surface area (Å²) in [5.74, 6) is -0.516. The number of hydrogen-bond donors (Lipinski definition) is 1. The van der Waals surface area contributed by atoms with Crippen LogP contribution in [0.2, 0.25) is 0 Å². The number of aromatic nitrogens is 2. The fourth-order valence-corrected chi connectivity index (χ4v) is 5.05. The van der Waals surface area contributed by atoms with Crippen LogP contribution in [-0.2, 0) is 16.3 Å². The van der Waals surface area contributed by atoms with Crippen LogP contribution in [-0.4, -0.2) is 23.1 Å². The Hall–Kier alpha value is -2.96. The van der Waals surface area contributed by atoms with Gasteiger partial charge in [0.05, 0.1) is 22.6 Å². The maximum Gasteiger partial charge on any atom is 0.277 e. The Kier molecular flexibility index (Phi) is 7.16. The quantitative estimate of drug-likeness (QED) is 0.499. The van der Waals surface area contributed by atoms with Gasteiger partial charge >= 0.3 is 0 Å². The summed E-state index contributed by atoms with van der Waals surface area (Å²) in [4.78, 5) is 16.8. The van der Waals surface area contributed by atoms with Gasteiger partial charge in [0.15, 0.2) is 4.90 Å². The summed E-state index contributed by atoms with van der Waals surface area (Å²) in [5, 5.41) is 19.8. The van der Waals surface area contributed by atoms with Gasteiger partial charge in [-0.25, -0.2) is 8.42 Å². The first-order valence-electron chi connectivity index (χ1n) is 10.1. The van der Waals surface area contributed by atoms with Gasteiger partial charge in [0, 0.05) is 10.9 Å². The molecule has 0 saturated carbocycles. The molecule has 0 aliphatic heterocycles. The molecule has 0 aliphatic carbocycles. The molecule has 166 valence electrons. The van der Waals surface area contributed by atoms with Crippen molar-refractivity contribution in [3.63, 3.8) is 0 Å². The maximum absolute atomic E-state index is 13.5. The lowest BCUT2D eigenvalue weighted by molar-refractivity contribution is 0.412. The van der Waals surface area contributed by atoms with Crippen molar-refractivity contribution in [2.45, 2.75) is 48.9 Å². The molecule has 0 fully saturated rings. The molecule has 0 spiro atoms. The molecule has 3 aromatic rings. The highest BCUT2D eigenvalue weighted by Crippen LogP contribution is 2.28. The predicted octanol–water partition coefficient (Wildman–Crippen LogP) is 4.37. The largest absolute Gasteiger partial charge is 0.492 e. The molecular formula is C23H22BrN3O4S. The standard InChI is InChI=1S/C23H22BrN3O4S/c1-3-4-8-20-26-22(28)21(32(30,31)19-11-9-18(24)10-12-19)23(29)27(20)15(2)17-7-5-6-16(13-17)14-25/h5-7,9-13,15,28H,3-4,8H2,1-2H3/t15-/m0/s1. The third-order valence-corrected chi connectivity index (χ3v) is 7.48. The van der Waals surface area contributed by atoms with Gasteiger partial charge in [-0.05, 0) is 55.3 Å². The van der Waals surface area contributed by atoms with Crippen molar-refractivity contribution in [2.24, 2.45) is 0 Å². The topological polar surface area (TPSA) is 113 Å². The molecule has 3 rings (SSSR count). The van der Waals surface area contributed by atoms with Gasteiger partial charge < -0.3 is 5.11 Å². The van der Waals surface area contributed by atoms with Gasteiger partial charge in [-0.15, -0.1) is 0 Å². The summed E-state index contributed by atoms with van der Waals surface area (Å²) in [5.41, 5.74) is 0.233. The average Bonchev–Trinajstić information content (AvgIpc) is 2.77. The third kappa shape index (κ3) is 4.61. The van der Waals surface area contributed by atoms with Crippen LogP contribution in [0.3, 0.4) is 0 Å². The van der Waals surface area contributed by atoms with E-state index in [1.165, 1.54) is 16.7 Å². The fraction of sp³-hybridized carbons (Fsp3) is 0.261. The Morgan fingerprint density at radius 3 is 2.53 bits per heavy atom. The number of nitrogens with zero attached hydrogens (tertiary/aromatic N) is 3. The Morgan fingerprint density at radius 2 is 1.91 bits per heavy atom. The number of hydrogen-bond acceptors (Lipinski definition) is 6. The van der Waals surface area contributed by atoms with E-state index in [1.54, 1.807) is 43.3 Å². The van der Waals surface area contributed by atoms with Crippen molar-refractivity contribution in [3.05, 3.63) is 80.3 Å². The van der Waals surface area contributed by atoms with Crippen LogP contribution < -0.4 is 5.56 Å². The minimum Gasteiger partial charge on any atom is -0.492 e. The van der Waals surface area contributed by atoms with Crippen molar-refractivity contribution in [1.82, 2.24) is 9.55 Å². The SMILES string of the molecule is CCCCc1nc(O)c(S(=O)(=O)c2ccc(Br)cc2)c(=O)n1[C@@H](C)c1cccc(C#N)c1. The second kappa shape index (κ2) is 9.67. The van der Waals surface area contributed by atoms with Crippen LogP contribution in [0.1, 0.15) is 49.7 Å². The minimum absolute atomic E-state index is 0.123. The maximum atomic E-state index is 13.5. The number of unbranched alkanes of at least 4 members (excludes halogenated alkanes) is 1. The van der Waals surface area contributed by atoms with E-state index < -0.39 is 32.2 Å². The van der Waals surface area contributed by atoms with Crippen molar-refractivity contribution in [3.8, 4) is 11.9 Å². The molecular weight excluding hydrogens is 494 g/mol. The highest BCUT2D eigenvalue weighted by molar-refractivity contribution is 9.10. The molecule has 1 N–H and O–H groups in total. The molecule has 0 radical (unpaired) electrons. The molecule has 0 saturated heterocycles. The molecule has 0 bridgehead atoms. The van der Waals surface area contributed by atoms with Gasteiger partial charge in [0.25, 0.3) is 5.56 Å². The Morgan fingerprint density at radius 1 is 1.22 bits per heavy atom. The first-order valence-corrected chi connectivity index (χ1v) is 12.3. The van der Waals surface area contributed by atoms with Gasteiger partial charge in [-0.3, -0.25) is 9.36 Å². The molecule has 2 aromatic carbocycles. The van der Waals surface area contributed by atoms with Gasteiger partial charge in [0.2, 0.25) is 15.7 Å². The Bertz CT molecular complexity index is 1340. The molecule has 0 amide bonds. The molecule has 0 aliphatic rings. The van der Waals surface area contributed by atoms with Crippen molar-refractivity contribution >= 4 is 25.8 Å². The predicted molar refractivity (Wildman–Crippen MR) is 123 cm³/mol. The summed E-state index contributed by atoms with van der Waals surface area (Å²) in [7, 11) is -4.32. The zero-order valence-corrected chi connectivity index (χ0v) is 20.0. The number of rotatable bonds is 7. The van der Waals surface area contributed by atoms with E-state index in [9.17, 15) is 23.6 Å². The van der Waals surface area contributed by atoms with E-state index in [4.69, 9.17) is 0 Å². The van der Waals surface area contributed by atoms with E-state index in [1.807, 2.05) is 6.92 Å². The van der Waals surface area contributed by atoms with Crippen LogP contribution in [0.25, 0.3) is 0 Å². The van der Waals surface area contributed by atoms with E-state index in [0.717, 1.165) is 6.42 Å². The zero-order chi connectivity index (χ0) is 23.5. The lowest BCUT2D eigenvalue weighted by Gasteiger charge is -2.21. The number of sulfone groups is 1. The third-order valence-electron chi connectivity index (χ3n) is 5.16. The monoisotopic (exact) mass is 515 g/mol. The Balaban J connectivity index is 2.26. The molecule has 1 atom stereocenters. The van der Waals surface area contributed by atoms with Crippen molar-refractivity contribution in [1.29, 1.82) is 5.26 Å². The van der Waals surface area contributed by atoms with Crippen LogP contribution in [0.4, 0.5) is 0 Å². The summed E-state index contributed by atoms with van der Waals surface area (Å²) >= 11 is 3.25. The normalized spacial score (nSPS) is 12.3. The first kappa shape index (κ1) is 23.7. The van der Waals surface area contributed by atoms with Gasteiger partial charge in [-0.2, -0.15) is 10.2 Å². The molecule has 32 heavy (non-hydrogen) atoms. The van der Waals surface area contributed by atoms with Crippen LogP contribution in [0, 0.1) is 11.3 Å². The van der Waals surface area contributed by atoms with E-state index in [2.05, 4.69) is 27.0 Å². The second-order valence-electron chi connectivity index (χ2n) is 7.33. The van der Waals surface area contributed by atoms with Crippen molar-refractivity contribution in [2.75, 3.05) is 0 Å². The van der Waals surface area contributed by atoms with E-state index >= 15 is 0 Å². The summed E-state index contributed by atoms with van der Waals surface area (Å²) in [6.45, 7) is 3.72. The van der Waals surface area contributed by atoms with Crippen LogP contribution in [0.5, 0.6) is 5.88 Å². The number of benzene rings is 2. The highest BCUT2D eigenvalue weighted by Gasteiger charge is 2.31. The lowest BCUT2D eigenvalue weighted by atomic mass is 10.0. The average molecular weight is 516 g/mol. The number of aromatic hydroxyl groups is 1. The van der Waals surface area contributed by atoms with Crippen LogP contribution >= 0.6 is 15.9 Å². The molecule has 1 aromatic heterocycles. The highest BCUT2D eigenvalue weighted by atomic mass is 79.9. The number of halogens is 1. The summed E-state index contributed by atoms with van der Waals surface area (Å²) in [6.07, 6.45) is 1.92. The van der Waals surface area contributed by atoms with E-state index in [-0.39, 0.29) is 4.90 Å². The number of aryl methyl sites for hydroxylation is 1. The van der Waals surface area contributed by atoms with Gasteiger partial charge in [-0.1, -0.05) is 41.4 Å². The first-order chi connectivity index (χ1) is 15.2. The summed E-state index contributed by atoms with van der Waals surface area (Å²) < 4.78 is 28.5. The van der Waals surface area contributed by atoms with E-state index in [0.29, 0.717) is 34.3 Å². The number of nitriles is 1. The lowest BCUT2D eigenvalue weighted by Crippen LogP contribution is -2.32. The fourth-order valence-electron chi connectivity index (χ4n) is 3.44. The molecule has 9 heteroatoms. The molecule has 1 heterocycles. The zero-order valence-electron chi connectivity index (χ0n) is 17.6. The van der Waals surface area contributed by atoms with Gasteiger partial charge in [0.1, 0.15) is 5.82 Å². The smallest absolute Gasteiger partial charge is 0.277 e. The molecule has 0 unspecified atom stereocenters. The summed E-state index contributed by atoms with van der Waals surface area (Å²) in [6, 6.07) is 14.0. The molecule has 7 nitrogen and oxygen atoms in total. The Labute approximate surface area is 195 Å².